The molecule has 0 aliphatic carbocycles. The molecule has 0 radical (unpaired) electrons. The lowest BCUT2D eigenvalue weighted by atomic mass is 9.85. The lowest BCUT2D eigenvalue weighted by Crippen LogP contribution is -2.11. The van der Waals surface area contributed by atoms with Crippen LogP contribution in [0.3, 0.4) is 0 Å². The summed E-state index contributed by atoms with van der Waals surface area (Å²) in [6, 6.07) is 5.95. The number of nitrogen functional groups attached to an aromatic ring is 1. The van der Waals surface area contributed by atoms with Crippen LogP contribution in [0.15, 0.2) is 22.8 Å². The van der Waals surface area contributed by atoms with Crippen LogP contribution >= 0.6 is 0 Å². The Morgan fingerprint density at radius 1 is 1.22 bits per heavy atom. The summed E-state index contributed by atoms with van der Waals surface area (Å²) in [5.74, 6) is 0.963. The zero-order valence-corrected chi connectivity index (χ0v) is 11.0. The summed E-state index contributed by atoms with van der Waals surface area (Å²) in [7, 11) is 1.61. The minimum Gasteiger partial charge on any atom is -0.496 e. The number of hydrogen-bond donors (Lipinski definition) is 1. The van der Waals surface area contributed by atoms with Crippen LogP contribution in [0.4, 0.5) is 5.82 Å². The second-order valence-electron chi connectivity index (χ2n) is 5.16. The lowest BCUT2D eigenvalue weighted by molar-refractivity contribution is 0.310. The summed E-state index contributed by atoms with van der Waals surface area (Å²) in [6.45, 7) is 6.43. The Hall–Kier alpha value is -2.04. The van der Waals surface area contributed by atoms with Gasteiger partial charge in [-0.3, -0.25) is 0 Å². The van der Waals surface area contributed by atoms with Crippen molar-refractivity contribution in [2.24, 2.45) is 0 Å². The van der Waals surface area contributed by atoms with E-state index in [-0.39, 0.29) is 11.2 Å². The Morgan fingerprint density at radius 2 is 1.94 bits per heavy atom. The van der Waals surface area contributed by atoms with Crippen molar-refractivity contribution >= 4 is 5.82 Å². The molecule has 0 unspecified atom stereocenters. The van der Waals surface area contributed by atoms with Crippen LogP contribution in [0, 0.1) is 0 Å². The van der Waals surface area contributed by atoms with Crippen LogP contribution in [-0.4, -0.2) is 17.4 Å². The summed E-state index contributed by atoms with van der Waals surface area (Å²) >= 11 is 0. The smallest absolute Gasteiger partial charge is 0.196 e. The highest BCUT2D eigenvalue weighted by atomic mass is 16.6. The van der Waals surface area contributed by atoms with E-state index >= 15 is 0 Å². The van der Waals surface area contributed by atoms with Crippen LogP contribution in [0.5, 0.6) is 5.75 Å². The van der Waals surface area contributed by atoms with Crippen LogP contribution in [0.25, 0.3) is 11.3 Å². The van der Waals surface area contributed by atoms with Crippen molar-refractivity contribution in [1.82, 2.24) is 10.3 Å². The van der Waals surface area contributed by atoms with Crippen molar-refractivity contribution in [2.75, 3.05) is 12.8 Å². The highest BCUT2D eigenvalue weighted by molar-refractivity contribution is 5.75. The minimum absolute atomic E-state index is 0.0347. The van der Waals surface area contributed by atoms with Gasteiger partial charge in [0.1, 0.15) is 5.75 Å². The average Bonchev–Trinajstić information content (AvgIpc) is 2.73. The fourth-order valence-electron chi connectivity index (χ4n) is 1.74. The van der Waals surface area contributed by atoms with E-state index < -0.39 is 0 Å². The van der Waals surface area contributed by atoms with Crippen molar-refractivity contribution in [2.45, 2.75) is 26.2 Å². The van der Waals surface area contributed by atoms with Gasteiger partial charge < -0.3 is 10.5 Å². The molecule has 0 aliphatic heterocycles. The quantitative estimate of drug-likeness (QED) is 0.883. The first kappa shape index (κ1) is 12.4. The van der Waals surface area contributed by atoms with E-state index in [0.29, 0.717) is 11.4 Å². The third-order valence-electron chi connectivity index (χ3n) is 2.83. The van der Waals surface area contributed by atoms with Crippen molar-refractivity contribution in [3.05, 3.63) is 23.8 Å². The van der Waals surface area contributed by atoms with Gasteiger partial charge in [-0.1, -0.05) is 26.8 Å². The van der Waals surface area contributed by atoms with Gasteiger partial charge in [-0.2, -0.15) is 0 Å². The summed E-state index contributed by atoms with van der Waals surface area (Å²) in [6.07, 6.45) is 0. The fraction of sp³-hybridized carbons (Fsp3) is 0.385. The predicted molar refractivity (Wildman–Crippen MR) is 69.4 cm³/mol. The Kier molecular flexibility index (Phi) is 2.98. The number of rotatable bonds is 2. The first-order valence-corrected chi connectivity index (χ1v) is 5.70. The van der Waals surface area contributed by atoms with E-state index in [1.807, 2.05) is 18.2 Å². The molecule has 18 heavy (non-hydrogen) atoms. The van der Waals surface area contributed by atoms with Crippen LogP contribution in [-0.2, 0) is 5.41 Å². The van der Waals surface area contributed by atoms with E-state index in [2.05, 4.69) is 35.7 Å². The topological polar surface area (TPSA) is 74.2 Å². The fourth-order valence-corrected chi connectivity index (χ4v) is 1.74. The molecule has 5 heteroatoms. The maximum absolute atomic E-state index is 5.73. The Bertz CT molecular complexity index is 556. The van der Waals surface area contributed by atoms with E-state index in [9.17, 15) is 0 Å². The molecule has 0 saturated carbocycles. The molecule has 1 aromatic carbocycles. The van der Waals surface area contributed by atoms with Gasteiger partial charge in [0, 0.05) is 5.56 Å². The van der Waals surface area contributed by atoms with Crippen LogP contribution in [0.1, 0.15) is 26.3 Å². The number of anilines is 1. The first-order valence-electron chi connectivity index (χ1n) is 5.70. The van der Waals surface area contributed by atoms with Crippen molar-refractivity contribution in [3.8, 4) is 17.0 Å². The van der Waals surface area contributed by atoms with Gasteiger partial charge in [0.2, 0.25) is 0 Å². The number of nitrogens with zero attached hydrogens (tertiary/aromatic N) is 2. The molecular formula is C13H17N3O2. The van der Waals surface area contributed by atoms with Gasteiger partial charge in [-0.15, -0.1) is 0 Å². The molecule has 1 aromatic heterocycles. The predicted octanol–water partition coefficient (Wildman–Crippen LogP) is 2.62. The highest BCUT2D eigenvalue weighted by Crippen LogP contribution is 2.35. The second-order valence-corrected chi connectivity index (χ2v) is 5.16. The third kappa shape index (κ3) is 2.16. The normalized spacial score (nSPS) is 11.6. The highest BCUT2D eigenvalue weighted by Gasteiger charge is 2.19. The van der Waals surface area contributed by atoms with Crippen LogP contribution < -0.4 is 10.5 Å². The summed E-state index contributed by atoms with van der Waals surface area (Å²) in [5, 5.41) is 7.42. The van der Waals surface area contributed by atoms with Gasteiger partial charge in [0.25, 0.3) is 0 Å². The summed E-state index contributed by atoms with van der Waals surface area (Å²) in [5.41, 5.74) is 8.24. The molecule has 0 amide bonds. The zero-order chi connectivity index (χ0) is 13.3. The van der Waals surface area contributed by atoms with Crippen molar-refractivity contribution in [3.63, 3.8) is 0 Å². The average molecular weight is 247 g/mol. The monoisotopic (exact) mass is 247 g/mol. The van der Waals surface area contributed by atoms with Gasteiger partial charge in [-0.05, 0) is 33.4 Å². The third-order valence-corrected chi connectivity index (χ3v) is 2.83. The molecule has 1 heterocycles. The molecule has 0 saturated heterocycles. The van der Waals surface area contributed by atoms with Gasteiger partial charge in [0.05, 0.1) is 7.11 Å². The summed E-state index contributed by atoms with van der Waals surface area (Å²) < 4.78 is 9.97. The van der Waals surface area contributed by atoms with E-state index in [1.165, 1.54) is 5.56 Å². The molecule has 5 nitrogen and oxygen atoms in total. The molecule has 2 rings (SSSR count). The number of benzene rings is 1. The number of methoxy groups -OCH3 is 1. The molecule has 0 bridgehead atoms. The number of hydrogen-bond acceptors (Lipinski definition) is 5. The molecule has 0 atom stereocenters. The summed E-state index contributed by atoms with van der Waals surface area (Å²) in [4.78, 5) is 0. The maximum atomic E-state index is 5.73. The Labute approximate surface area is 106 Å². The molecule has 0 aliphatic rings. The van der Waals surface area contributed by atoms with Gasteiger partial charge >= 0.3 is 0 Å². The molecule has 0 spiro atoms. The molecule has 2 aromatic rings. The minimum atomic E-state index is 0.0347. The lowest BCUT2D eigenvalue weighted by Gasteiger charge is -2.20. The number of nitrogens with two attached hydrogens (primary N) is 1. The first-order chi connectivity index (χ1) is 8.43. The van der Waals surface area contributed by atoms with Gasteiger partial charge in [0.15, 0.2) is 11.5 Å². The molecule has 0 fully saturated rings. The SMILES string of the molecule is COc1ccc(C(C)(C)C)cc1-c1nonc1N. The number of aromatic nitrogens is 2. The standard InChI is InChI=1S/C13H17N3O2/c1-13(2,3)8-5-6-10(17-4)9(7-8)11-12(14)16-18-15-11/h5-7H,1-4H3,(H2,14,16). The molecule has 2 N–H and O–H groups in total. The van der Waals surface area contributed by atoms with E-state index in [4.69, 9.17) is 10.5 Å². The molecular weight excluding hydrogens is 230 g/mol. The zero-order valence-electron chi connectivity index (χ0n) is 11.0. The van der Waals surface area contributed by atoms with Crippen molar-refractivity contribution in [1.29, 1.82) is 0 Å². The second kappa shape index (κ2) is 4.33. The van der Waals surface area contributed by atoms with E-state index in [1.54, 1.807) is 7.11 Å². The Balaban J connectivity index is 2.61. The van der Waals surface area contributed by atoms with Gasteiger partial charge in [-0.25, -0.2) is 4.63 Å². The Morgan fingerprint density at radius 3 is 2.44 bits per heavy atom. The number of ether oxygens (including phenoxy) is 1. The largest absolute Gasteiger partial charge is 0.496 e. The maximum Gasteiger partial charge on any atom is 0.196 e. The van der Waals surface area contributed by atoms with E-state index in [0.717, 1.165) is 5.56 Å². The van der Waals surface area contributed by atoms with Crippen molar-refractivity contribution < 1.29 is 9.37 Å². The molecule has 96 valence electrons. The van der Waals surface area contributed by atoms with Crippen LogP contribution in [0.2, 0.25) is 0 Å².